The average Bonchev–Trinajstić information content (AvgIpc) is 2.66. The van der Waals surface area contributed by atoms with E-state index in [1.807, 2.05) is 13.8 Å². The maximum absolute atomic E-state index is 10.3. The Kier molecular flexibility index (Phi) is 4.66. The molecule has 2 heteroatoms. The fraction of sp³-hybridized carbons (Fsp3) is 0.889. The quantitative estimate of drug-likeness (QED) is 0.766. The third kappa shape index (κ3) is 3.28. The first-order valence-electron chi connectivity index (χ1n) is 8.31. The van der Waals surface area contributed by atoms with E-state index >= 15 is 0 Å². The molecule has 0 heterocycles. The topological polar surface area (TPSA) is 40.5 Å². The second kappa shape index (κ2) is 5.81. The molecule has 0 aromatic rings. The van der Waals surface area contributed by atoms with E-state index in [1.165, 1.54) is 25.7 Å². The lowest BCUT2D eigenvalue weighted by Gasteiger charge is -2.44. The lowest BCUT2D eigenvalue weighted by Crippen LogP contribution is -2.41. The van der Waals surface area contributed by atoms with Crippen LogP contribution in [0.25, 0.3) is 0 Å². The SMILES string of the molecule is C[C@H](C=CCC(C)(C)O)C1CCC2[C@@H](O)CCCC12C. The molecule has 0 spiro atoms. The molecule has 0 amide bonds. The number of hydrogen-bond acceptors (Lipinski definition) is 2. The normalized spacial score (nSPS) is 40.0. The van der Waals surface area contributed by atoms with Crippen LogP contribution in [0, 0.1) is 23.2 Å². The second-order valence-electron chi connectivity index (χ2n) is 8.06. The van der Waals surface area contributed by atoms with E-state index in [0.717, 1.165) is 6.42 Å². The van der Waals surface area contributed by atoms with Gasteiger partial charge in [-0.25, -0.2) is 0 Å². The van der Waals surface area contributed by atoms with Crippen LogP contribution in [0.5, 0.6) is 0 Å². The van der Waals surface area contributed by atoms with Gasteiger partial charge in [-0.3, -0.25) is 0 Å². The molecule has 2 saturated carbocycles. The molecule has 116 valence electrons. The van der Waals surface area contributed by atoms with Gasteiger partial charge in [0.1, 0.15) is 0 Å². The summed E-state index contributed by atoms with van der Waals surface area (Å²) in [5.41, 5.74) is -0.296. The molecule has 0 radical (unpaired) electrons. The van der Waals surface area contributed by atoms with E-state index in [0.29, 0.717) is 29.6 Å². The van der Waals surface area contributed by atoms with Crippen LogP contribution in [0.4, 0.5) is 0 Å². The monoisotopic (exact) mass is 280 g/mol. The molecule has 2 N–H and O–H groups in total. The minimum Gasteiger partial charge on any atom is -0.393 e. The molecule has 2 fully saturated rings. The van der Waals surface area contributed by atoms with Gasteiger partial charge < -0.3 is 10.2 Å². The van der Waals surface area contributed by atoms with Gasteiger partial charge in [-0.2, -0.15) is 0 Å². The highest BCUT2D eigenvalue weighted by Gasteiger charge is 2.51. The largest absolute Gasteiger partial charge is 0.393 e. The summed E-state index contributed by atoms with van der Waals surface area (Å²) in [5.74, 6) is 1.73. The van der Waals surface area contributed by atoms with Crippen molar-refractivity contribution < 1.29 is 10.2 Å². The predicted octanol–water partition coefficient (Wildman–Crippen LogP) is 3.92. The van der Waals surface area contributed by atoms with Crippen molar-refractivity contribution in [3.05, 3.63) is 12.2 Å². The van der Waals surface area contributed by atoms with Crippen molar-refractivity contribution >= 4 is 0 Å². The van der Waals surface area contributed by atoms with Crippen molar-refractivity contribution in [2.45, 2.75) is 77.9 Å². The van der Waals surface area contributed by atoms with Gasteiger partial charge in [0.05, 0.1) is 11.7 Å². The van der Waals surface area contributed by atoms with Crippen LogP contribution in [-0.2, 0) is 0 Å². The van der Waals surface area contributed by atoms with E-state index < -0.39 is 5.60 Å². The molecular formula is C18H32O2. The van der Waals surface area contributed by atoms with Gasteiger partial charge in [0.25, 0.3) is 0 Å². The third-order valence-corrected chi connectivity index (χ3v) is 5.85. The highest BCUT2D eigenvalue weighted by atomic mass is 16.3. The molecular weight excluding hydrogens is 248 g/mol. The van der Waals surface area contributed by atoms with Crippen LogP contribution in [0.1, 0.15) is 66.2 Å². The molecule has 2 rings (SSSR count). The number of allylic oxidation sites excluding steroid dienone is 1. The molecule has 2 aliphatic rings. The maximum atomic E-state index is 10.3. The van der Waals surface area contributed by atoms with Crippen LogP contribution in [-0.4, -0.2) is 21.9 Å². The van der Waals surface area contributed by atoms with Crippen molar-refractivity contribution in [3.8, 4) is 0 Å². The maximum Gasteiger partial charge on any atom is 0.0626 e. The Labute approximate surface area is 124 Å². The first-order valence-corrected chi connectivity index (χ1v) is 8.31. The van der Waals surface area contributed by atoms with Crippen LogP contribution in [0.15, 0.2) is 12.2 Å². The Morgan fingerprint density at radius 3 is 2.65 bits per heavy atom. The van der Waals surface area contributed by atoms with Crippen molar-refractivity contribution in [3.63, 3.8) is 0 Å². The van der Waals surface area contributed by atoms with Crippen molar-refractivity contribution in [2.24, 2.45) is 23.2 Å². The molecule has 0 bridgehead atoms. The van der Waals surface area contributed by atoms with E-state index in [-0.39, 0.29) is 6.10 Å². The summed E-state index contributed by atoms with van der Waals surface area (Å²) in [4.78, 5) is 0. The zero-order valence-electron chi connectivity index (χ0n) is 13.6. The fourth-order valence-electron chi connectivity index (χ4n) is 4.76. The Morgan fingerprint density at radius 1 is 1.30 bits per heavy atom. The average molecular weight is 280 g/mol. The van der Waals surface area contributed by atoms with Crippen LogP contribution in [0.2, 0.25) is 0 Å². The second-order valence-corrected chi connectivity index (χ2v) is 8.06. The Bertz CT molecular complexity index is 355. The number of rotatable bonds is 4. The summed E-state index contributed by atoms with van der Waals surface area (Å²) < 4.78 is 0. The number of aliphatic hydroxyl groups excluding tert-OH is 1. The molecule has 0 aromatic heterocycles. The summed E-state index contributed by atoms with van der Waals surface area (Å²) in [6.45, 7) is 8.41. The zero-order valence-corrected chi connectivity index (χ0v) is 13.6. The Morgan fingerprint density at radius 2 is 2.00 bits per heavy atom. The van der Waals surface area contributed by atoms with Crippen molar-refractivity contribution in [1.82, 2.24) is 0 Å². The Hall–Kier alpha value is -0.340. The first-order chi connectivity index (χ1) is 9.24. The number of fused-ring (bicyclic) bond motifs is 1. The van der Waals surface area contributed by atoms with Crippen LogP contribution < -0.4 is 0 Å². The molecule has 3 unspecified atom stereocenters. The van der Waals surface area contributed by atoms with E-state index in [4.69, 9.17) is 0 Å². The third-order valence-electron chi connectivity index (χ3n) is 5.85. The first kappa shape index (κ1) is 16.0. The van der Waals surface area contributed by atoms with Gasteiger partial charge in [-0.15, -0.1) is 0 Å². The zero-order chi connectivity index (χ0) is 15.0. The summed E-state index contributed by atoms with van der Waals surface area (Å²) in [7, 11) is 0. The summed E-state index contributed by atoms with van der Waals surface area (Å²) >= 11 is 0. The van der Waals surface area contributed by atoms with Crippen molar-refractivity contribution in [1.29, 1.82) is 0 Å². The molecule has 0 aliphatic heterocycles. The van der Waals surface area contributed by atoms with E-state index in [1.54, 1.807) is 0 Å². The standard InChI is InChI=1S/C18H32O2/c1-13(7-5-11-17(2,3)20)14-9-10-15-16(19)8-6-12-18(14,15)4/h5,7,13-16,19-20H,6,8-12H2,1-4H3/t13-,14?,15?,16+,18?/m1/s1. The summed E-state index contributed by atoms with van der Waals surface area (Å²) in [6.07, 6.45) is 10.9. The van der Waals surface area contributed by atoms with Gasteiger partial charge in [-0.1, -0.05) is 32.4 Å². The van der Waals surface area contributed by atoms with Gasteiger partial charge in [0, 0.05) is 0 Å². The summed E-state index contributed by atoms with van der Waals surface area (Å²) in [6, 6.07) is 0. The lowest BCUT2D eigenvalue weighted by atomic mass is 9.62. The number of hydrogen-bond donors (Lipinski definition) is 2. The minimum atomic E-state index is -0.612. The van der Waals surface area contributed by atoms with Gasteiger partial charge in [0.15, 0.2) is 0 Å². The minimum absolute atomic E-state index is 0.0775. The van der Waals surface area contributed by atoms with Crippen LogP contribution in [0.3, 0.4) is 0 Å². The molecule has 0 saturated heterocycles. The molecule has 5 atom stereocenters. The molecule has 2 aliphatic carbocycles. The fourth-order valence-corrected chi connectivity index (χ4v) is 4.76. The highest BCUT2D eigenvalue weighted by Crippen LogP contribution is 2.57. The highest BCUT2D eigenvalue weighted by molar-refractivity contribution is 5.05. The summed E-state index contributed by atoms with van der Waals surface area (Å²) in [5, 5.41) is 20.1. The van der Waals surface area contributed by atoms with E-state index in [9.17, 15) is 10.2 Å². The van der Waals surface area contributed by atoms with Crippen LogP contribution >= 0.6 is 0 Å². The predicted molar refractivity (Wildman–Crippen MR) is 83.4 cm³/mol. The molecule has 2 nitrogen and oxygen atoms in total. The lowest BCUT2D eigenvalue weighted by molar-refractivity contribution is -0.0231. The molecule has 20 heavy (non-hydrogen) atoms. The van der Waals surface area contributed by atoms with E-state index in [2.05, 4.69) is 26.0 Å². The smallest absolute Gasteiger partial charge is 0.0626 e. The van der Waals surface area contributed by atoms with Gasteiger partial charge >= 0.3 is 0 Å². The number of aliphatic hydroxyl groups is 2. The van der Waals surface area contributed by atoms with Gasteiger partial charge in [0.2, 0.25) is 0 Å². The van der Waals surface area contributed by atoms with Gasteiger partial charge in [-0.05, 0) is 69.1 Å². The Balaban J connectivity index is 2.02. The van der Waals surface area contributed by atoms with Crippen molar-refractivity contribution in [2.75, 3.05) is 0 Å². The molecule has 0 aromatic carbocycles.